The molecule has 2 rings (SSSR count). The Bertz CT molecular complexity index is 577. The van der Waals surface area contributed by atoms with E-state index in [1.54, 1.807) is 18.5 Å². The lowest BCUT2D eigenvalue weighted by Gasteiger charge is -2.06. The number of hydrogen-bond donors (Lipinski definition) is 1. The fourth-order valence-electron chi connectivity index (χ4n) is 1.53. The molecule has 2 heterocycles. The van der Waals surface area contributed by atoms with Gasteiger partial charge in [-0.25, -0.2) is 4.98 Å². The van der Waals surface area contributed by atoms with E-state index in [-0.39, 0.29) is 11.1 Å². The lowest BCUT2D eigenvalue weighted by molar-refractivity contribution is 0.0954. The summed E-state index contributed by atoms with van der Waals surface area (Å²) in [5.41, 5.74) is 1.29. The molecule has 1 N–H and O–H groups in total. The van der Waals surface area contributed by atoms with Crippen molar-refractivity contribution in [1.29, 1.82) is 0 Å². The zero-order chi connectivity index (χ0) is 13.7. The summed E-state index contributed by atoms with van der Waals surface area (Å²) in [6, 6.07) is 7.33. The minimum absolute atomic E-state index is 0.193. The SMILES string of the molecule is O=C(NCCc1ccccn1)c1cc(Br)cnc1Cl. The van der Waals surface area contributed by atoms with Crippen molar-refractivity contribution in [2.45, 2.75) is 6.42 Å². The minimum atomic E-state index is -0.241. The Labute approximate surface area is 124 Å². The lowest BCUT2D eigenvalue weighted by Crippen LogP contribution is -2.26. The lowest BCUT2D eigenvalue weighted by atomic mass is 10.2. The first-order chi connectivity index (χ1) is 9.16. The number of aromatic nitrogens is 2. The number of amides is 1. The number of nitrogens with one attached hydrogen (secondary N) is 1. The molecule has 19 heavy (non-hydrogen) atoms. The van der Waals surface area contributed by atoms with Gasteiger partial charge in [-0.1, -0.05) is 17.7 Å². The molecule has 0 aromatic carbocycles. The van der Waals surface area contributed by atoms with E-state index in [9.17, 15) is 4.79 Å². The van der Waals surface area contributed by atoms with Crippen LogP contribution in [0.3, 0.4) is 0 Å². The highest BCUT2D eigenvalue weighted by Crippen LogP contribution is 2.17. The largest absolute Gasteiger partial charge is 0.352 e. The van der Waals surface area contributed by atoms with E-state index in [4.69, 9.17) is 11.6 Å². The monoisotopic (exact) mass is 339 g/mol. The summed E-state index contributed by atoms with van der Waals surface area (Å²) in [6.45, 7) is 0.499. The van der Waals surface area contributed by atoms with Crippen LogP contribution in [0.2, 0.25) is 5.15 Å². The summed E-state index contributed by atoms with van der Waals surface area (Å²) in [7, 11) is 0. The number of carbonyl (C=O) groups excluding carboxylic acids is 1. The van der Waals surface area contributed by atoms with Crippen molar-refractivity contribution in [2.24, 2.45) is 0 Å². The number of hydrogen-bond acceptors (Lipinski definition) is 3. The standard InChI is InChI=1S/C13H11BrClN3O/c14-9-7-11(12(15)18-8-9)13(19)17-6-4-10-3-1-2-5-16-10/h1-3,5,7-8H,4,6H2,(H,17,19). The van der Waals surface area contributed by atoms with Gasteiger partial charge >= 0.3 is 0 Å². The predicted molar refractivity (Wildman–Crippen MR) is 77.2 cm³/mol. The van der Waals surface area contributed by atoms with Crippen molar-refractivity contribution >= 4 is 33.4 Å². The Kier molecular flexibility index (Phi) is 4.87. The number of rotatable bonds is 4. The van der Waals surface area contributed by atoms with E-state index < -0.39 is 0 Å². The Morgan fingerprint density at radius 1 is 1.37 bits per heavy atom. The third-order valence-corrected chi connectivity index (χ3v) is 3.18. The van der Waals surface area contributed by atoms with E-state index in [0.29, 0.717) is 23.0 Å². The molecular weight excluding hydrogens is 330 g/mol. The maximum Gasteiger partial charge on any atom is 0.254 e. The van der Waals surface area contributed by atoms with Gasteiger partial charge in [0, 0.05) is 35.5 Å². The topological polar surface area (TPSA) is 54.9 Å². The predicted octanol–water partition coefficient (Wildman–Crippen LogP) is 2.87. The van der Waals surface area contributed by atoms with Gasteiger partial charge in [-0.2, -0.15) is 0 Å². The van der Waals surface area contributed by atoms with Crippen LogP contribution in [0.5, 0.6) is 0 Å². The van der Waals surface area contributed by atoms with E-state index in [1.807, 2.05) is 18.2 Å². The summed E-state index contributed by atoms with van der Waals surface area (Å²) in [5, 5.41) is 2.98. The second kappa shape index (κ2) is 6.63. The van der Waals surface area contributed by atoms with Crippen LogP contribution in [-0.4, -0.2) is 22.4 Å². The van der Waals surface area contributed by atoms with Crippen molar-refractivity contribution in [1.82, 2.24) is 15.3 Å². The Morgan fingerprint density at radius 2 is 2.21 bits per heavy atom. The van der Waals surface area contributed by atoms with Gasteiger partial charge in [-0.3, -0.25) is 9.78 Å². The average molecular weight is 341 g/mol. The molecule has 2 aromatic rings. The number of nitrogens with zero attached hydrogens (tertiary/aromatic N) is 2. The van der Waals surface area contributed by atoms with Crippen LogP contribution in [0.25, 0.3) is 0 Å². The fourth-order valence-corrected chi connectivity index (χ4v) is 2.05. The number of halogens is 2. The second-order valence-electron chi connectivity index (χ2n) is 3.82. The van der Waals surface area contributed by atoms with Crippen LogP contribution in [-0.2, 0) is 6.42 Å². The summed E-state index contributed by atoms with van der Waals surface area (Å²) in [6.07, 6.45) is 3.95. The normalized spacial score (nSPS) is 10.2. The average Bonchev–Trinajstić information content (AvgIpc) is 2.42. The molecule has 6 heteroatoms. The van der Waals surface area contributed by atoms with Crippen LogP contribution in [0.15, 0.2) is 41.1 Å². The van der Waals surface area contributed by atoms with Gasteiger partial charge in [0.1, 0.15) is 5.15 Å². The van der Waals surface area contributed by atoms with Gasteiger partial charge in [-0.05, 0) is 34.1 Å². The summed E-state index contributed by atoms with van der Waals surface area (Å²) < 4.78 is 0.715. The highest BCUT2D eigenvalue weighted by molar-refractivity contribution is 9.10. The fraction of sp³-hybridized carbons (Fsp3) is 0.154. The van der Waals surface area contributed by atoms with Crippen molar-refractivity contribution in [3.8, 4) is 0 Å². The summed E-state index contributed by atoms with van der Waals surface area (Å²) >= 11 is 9.14. The first-order valence-corrected chi connectivity index (χ1v) is 6.83. The third kappa shape index (κ3) is 4.01. The molecule has 0 radical (unpaired) electrons. The molecule has 0 atom stereocenters. The number of pyridine rings is 2. The molecule has 0 saturated heterocycles. The molecule has 2 aromatic heterocycles. The molecule has 0 aliphatic carbocycles. The van der Waals surface area contributed by atoms with Crippen molar-refractivity contribution in [3.05, 3.63) is 57.5 Å². The minimum Gasteiger partial charge on any atom is -0.352 e. The Balaban J connectivity index is 1.93. The quantitative estimate of drug-likeness (QED) is 0.871. The van der Waals surface area contributed by atoms with Crippen LogP contribution in [0.1, 0.15) is 16.1 Å². The van der Waals surface area contributed by atoms with Crippen molar-refractivity contribution < 1.29 is 4.79 Å². The maximum atomic E-state index is 11.9. The zero-order valence-corrected chi connectivity index (χ0v) is 12.3. The summed E-state index contributed by atoms with van der Waals surface area (Å²) in [5.74, 6) is -0.241. The molecule has 0 fully saturated rings. The van der Waals surface area contributed by atoms with Gasteiger partial charge < -0.3 is 5.32 Å². The van der Waals surface area contributed by atoms with Crippen LogP contribution >= 0.6 is 27.5 Å². The molecular formula is C13H11BrClN3O. The molecule has 0 spiro atoms. The van der Waals surface area contributed by atoms with E-state index in [2.05, 4.69) is 31.2 Å². The molecule has 4 nitrogen and oxygen atoms in total. The van der Waals surface area contributed by atoms with E-state index >= 15 is 0 Å². The molecule has 0 bridgehead atoms. The molecule has 0 aliphatic heterocycles. The van der Waals surface area contributed by atoms with E-state index in [0.717, 1.165) is 5.69 Å². The molecule has 98 valence electrons. The van der Waals surface area contributed by atoms with Crippen LogP contribution < -0.4 is 5.32 Å². The van der Waals surface area contributed by atoms with Gasteiger partial charge in [-0.15, -0.1) is 0 Å². The van der Waals surface area contributed by atoms with Gasteiger partial charge in [0.25, 0.3) is 5.91 Å². The summed E-state index contributed by atoms with van der Waals surface area (Å²) in [4.78, 5) is 20.0. The Morgan fingerprint density at radius 3 is 2.95 bits per heavy atom. The first kappa shape index (κ1) is 14.0. The molecule has 0 aliphatic rings. The molecule has 1 amide bonds. The smallest absolute Gasteiger partial charge is 0.254 e. The second-order valence-corrected chi connectivity index (χ2v) is 5.09. The maximum absolute atomic E-state index is 11.9. The molecule has 0 unspecified atom stereocenters. The molecule has 0 saturated carbocycles. The van der Waals surface area contributed by atoms with Crippen LogP contribution in [0.4, 0.5) is 0 Å². The van der Waals surface area contributed by atoms with Crippen molar-refractivity contribution in [3.63, 3.8) is 0 Å². The third-order valence-electron chi connectivity index (χ3n) is 2.44. The highest BCUT2D eigenvalue weighted by atomic mass is 79.9. The van der Waals surface area contributed by atoms with Gasteiger partial charge in [0.15, 0.2) is 0 Å². The Hall–Kier alpha value is -1.46. The van der Waals surface area contributed by atoms with E-state index in [1.165, 1.54) is 0 Å². The number of carbonyl (C=O) groups is 1. The highest BCUT2D eigenvalue weighted by Gasteiger charge is 2.11. The zero-order valence-electron chi connectivity index (χ0n) is 9.94. The van der Waals surface area contributed by atoms with Gasteiger partial charge in [0.05, 0.1) is 5.56 Å². The van der Waals surface area contributed by atoms with Crippen LogP contribution in [0, 0.1) is 0 Å². The van der Waals surface area contributed by atoms with Crippen molar-refractivity contribution in [2.75, 3.05) is 6.54 Å². The van der Waals surface area contributed by atoms with Gasteiger partial charge in [0.2, 0.25) is 0 Å². The first-order valence-electron chi connectivity index (χ1n) is 5.66.